The van der Waals surface area contributed by atoms with Crippen molar-refractivity contribution >= 4 is 59.9 Å². The van der Waals surface area contributed by atoms with Gasteiger partial charge < -0.3 is 0 Å². The number of aryl methyl sites for hydroxylation is 1. The van der Waals surface area contributed by atoms with Gasteiger partial charge in [0.05, 0.1) is 11.3 Å². The number of nitrogens with one attached hydrogen (secondary N) is 1. The first-order valence-electron chi connectivity index (χ1n) is 7.88. The van der Waals surface area contributed by atoms with Crippen molar-refractivity contribution in [1.29, 1.82) is 0 Å². The lowest BCUT2D eigenvalue weighted by Crippen LogP contribution is -2.29. The van der Waals surface area contributed by atoms with Crippen LogP contribution in [-0.4, -0.2) is 30.4 Å². The Morgan fingerprint density at radius 1 is 1.14 bits per heavy atom. The lowest BCUT2D eigenvalue weighted by atomic mass is 10.1. The van der Waals surface area contributed by atoms with Crippen molar-refractivity contribution in [3.05, 3.63) is 63.1 Å². The smallest absolute Gasteiger partial charge is 0.273 e. The number of hydrogen-bond donors (Lipinski definition) is 1. The number of sulfonamides is 1. The van der Waals surface area contributed by atoms with Gasteiger partial charge in [0.1, 0.15) is 9.90 Å². The summed E-state index contributed by atoms with van der Waals surface area (Å²) in [6.45, 7) is 1.75. The summed E-state index contributed by atoms with van der Waals surface area (Å²) in [7, 11) is -4.12. The topological polar surface area (TPSA) is 109 Å². The minimum absolute atomic E-state index is 0.0197. The molecule has 2 amide bonds. The maximum atomic E-state index is 13.0. The summed E-state index contributed by atoms with van der Waals surface area (Å²) in [4.78, 5) is 24.9. The maximum Gasteiger partial charge on any atom is 0.273 e. The van der Waals surface area contributed by atoms with Crippen molar-refractivity contribution in [1.82, 2.24) is 10.2 Å². The van der Waals surface area contributed by atoms with Crippen LogP contribution < -0.4 is 9.62 Å². The molecule has 0 aliphatic carbocycles. The average molecular weight is 479 g/mol. The van der Waals surface area contributed by atoms with E-state index in [0.717, 1.165) is 8.78 Å². The summed E-state index contributed by atoms with van der Waals surface area (Å²) in [6.07, 6.45) is 0. The molecule has 1 aliphatic heterocycles. The molecule has 3 aromatic rings. The third-order valence-electron chi connectivity index (χ3n) is 3.98. The van der Waals surface area contributed by atoms with Crippen molar-refractivity contribution in [2.75, 3.05) is 9.62 Å². The molecule has 1 aliphatic rings. The Bertz CT molecular complexity index is 1220. The fraction of sp³-hybridized carbons (Fsp3) is 0.0588. The van der Waals surface area contributed by atoms with E-state index in [1.165, 1.54) is 41.7 Å². The van der Waals surface area contributed by atoms with Crippen molar-refractivity contribution in [2.24, 2.45) is 0 Å². The summed E-state index contributed by atoms with van der Waals surface area (Å²) >= 11 is 4.47. The zero-order valence-corrected chi connectivity index (χ0v) is 17.4. The Labute approximate surface area is 172 Å². The highest BCUT2D eigenvalue weighted by molar-refractivity contribution is 9.10. The van der Waals surface area contributed by atoms with Crippen LogP contribution in [0.3, 0.4) is 0 Å². The molecule has 0 saturated carbocycles. The Kier molecular flexibility index (Phi) is 4.52. The van der Waals surface area contributed by atoms with Crippen molar-refractivity contribution in [2.45, 2.75) is 11.8 Å². The molecule has 28 heavy (non-hydrogen) atoms. The molecule has 11 heteroatoms. The van der Waals surface area contributed by atoms with Crippen LogP contribution in [0.4, 0.5) is 10.8 Å². The Hall–Kier alpha value is -2.63. The first kappa shape index (κ1) is 18.7. The van der Waals surface area contributed by atoms with Crippen molar-refractivity contribution < 1.29 is 18.0 Å². The van der Waals surface area contributed by atoms with E-state index in [4.69, 9.17) is 0 Å². The number of anilines is 2. The van der Waals surface area contributed by atoms with E-state index in [2.05, 4.69) is 31.4 Å². The van der Waals surface area contributed by atoms with Gasteiger partial charge in [-0.3, -0.25) is 14.9 Å². The zero-order chi connectivity index (χ0) is 20.1. The summed E-state index contributed by atoms with van der Waals surface area (Å²) in [5, 5.41) is 11.2. The predicted molar refractivity (Wildman–Crippen MR) is 107 cm³/mol. The SMILES string of the molecule is Cc1nnc(NC(=O)c2ccc3c(c2)S(=O)(=O)N(c2ccc(Br)cc2)C3=O)s1. The third-order valence-corrected chi connectivity index (χ3v) is 7.02. The molecule has 0 atom stereocenters. The quantitative estimate of drug-likeness (QED) is 0.618. The van der Waals surface area contributed by atoms with Gasteiger partial charge in [-0.15, -0.1) is 10.2 Å². The fourth-order valence-electron chi connectivity index (χ4n) is 2.72. The van der Waals surface area contributed by atoms with Gasteiger partial charge in [-0.2, -0.15) is 4.31 Å². The van der Waals surface area contributed by atoms with Crippen molar-refractivity contribution in [3.8, 4) is 0 Å². The van der Waals surface area contributed by atoms with Crippen LogP contribution >= 0.6 is 27.3 Å². The van der Waals surface area contributed by atoms with Crippen LogP contribution in [0.1, 0.15) is 25.7 Å². The molecule has 2 heterocycles. The van der Waals surface area contributed by atoms with E-state index in [-0.39, 0.29) is 21.7 Å². The molecule has 4 rings (SSSR count). The van der Waals surface area contributed by atoms with Gasteiger partial charge in [0.25, 0.3) is 21.8 Å². The monoisotopic (exact) mass is 478 g/mol. The summed E-state index contributed by atoms with van der Waals surface area (Å²) in [5.41, 5.74) is 0.339. The molecule has 0 bridgehead atoms. The van der Waals surface area contributed by atoms with Gasteiger partial charge in [0.15, 0.2) is 0 Å². The second kappa shape index (κ2) is 6.76. The maximum absolute atomic E-state index is 13.0. The van der Waals surface area contributed by atoms with E-state index in [0.29, 0.717) is 10.1 Å². The Morgan fingerprint density at radius 3 is 2.50 bits per heavy atom. The van der Waals surface area contributed by atoms with E-state index < -0.39 is 21.8 Å². The number of rotatable bonds is 3. The lowest BCUT2D eigenvalue weighted by molar-refractivity contribution is 0.100. The van der Waals surface area contributed by atoms with Crippen LogP contribution in [0.2, 0.25) is 0 Å². The zero-order valence-electron chi connectivity index (χ0n) is 14.2. The highest BCUT2D eigenvalue weighted by Crippen LogP contribution is 2.35. The molecular formula is C17H11BrN4O4S2. The number of carbonyl (C=O) groups is 2. The minimum Gasteiger partial charge on any atom is -0.296 e. The third kappa shape index (κ3) is 3.11. The fourth-order valence-corrected chi connectivity index (χ4v) is 5.19. The van der Waals surface area contributed by atoms with Crippen LogP contribution in [0, 0.1) is 6.92 Å². The highest BCUT2D eigenvalue weighted by atomic mass is 79.9. The molecule has 8 nitrogen and oxygen atoms in total. The molecule has 0 radical (unpaired) electrons. The number of halogens is 1. The second-order valence-electron chi connectivity index (χ2n) is 5.84. The lowest BCUT2D eigenvalue weighted by Gasteiger charge is -2.15. The Morgan fingerprint density at radius 2 is 1.86 bits per heavy atom. The summed E-state index contributed by atoms with van der Waals surface area (Å²) in [5.74, 6) is -1.20. The molecule has 0 saturated heterocycles. The first-order valence-corrected chi connectivity index (χ1v) is 10.9. The molecule has 1 N–H and O–H groups in total. The van der Waals surface area contributed by atoms with Gasteiger partial charge in [-0.05, 0) is 49.4 Å². The molecule has 1 aromatic heterocycles. The van der Waals surface area contributed by atoms with Gasteiger partial charge in [-0.25, -0.2) is 8.42 Å². The largest absolute Gasteiger partial charge is 0.296 e. The van der Waals surface area contributed by atoms with Crippen LogP contribution in [0.25, 0.3) is 0 Å². The highest BCUT2D eigenvalue weighted by Gasteiger charge is 2.42. The number of benzene rings is 2. The van der Waals surface area contributed by atoms with E-state index in [1.807, 2.05) is 0 Å². The normalized spacial score (nSPS) is 14.8. The average Bonchev–Trinajstić information content (AvgIpc) is 3.15. The van der Waals surface area contributed by atoms with Gasteiger partial charge in [0.2, 0.25) is 5.13 Å². The van der Waals surface area contributed by atoms with E-state index >= 15 is 0 Å². The number of carbonyl (C=O) groups excluding carboxylic acids is 2. The second-order valence-corrected chi connectivity index (χ2v) is 9.69. The molecule has 0 spiro atoms. The van der Waals surface area contributed by atoms with Gasteiger partial charge in [0, 0.05) is 10.0 Å². The number of amides is 2. The van der Waals surface area contributed by atoms with Crippen LogP contribution in [0.5, 0.6) is 0 Å². The molecule has 0 unspecified atom stereocenters. The molecule has 0 fully saturated rings. The molecule has 2 aromatic carbocycles. The van der Waals surface area contributed by atoms with E-state index in [1.54, 1.807) is 19.1 Å². The predicted octanol–water partition coefficient (Wildman–Crippen LogP) is 3.21. The number of nitrogens with zero attached hydrogens (tertiary/aromatic N) is 3. The number of aromatic nitrogens is 2. The van der Waals surface area contributed by atoms with Gasteiger partial charge >= 0.3 is 0 Å². The first-order chi connectivity index (χ1) is 13.3. The number of fused-ring (bicyclic) bond motifs is 1. The molecule has 142 valence electrons. The van der Waals surface area contributed by atoms with Crippen molar-refractivity contribution in [3.63, 3.8) is 0 Å². The van der Waals surface area contributed by atoms with Gasteiger partial charge in [-0.1, -0.05) is 27.3 Å². The summed E-state index contributed by atoms with van der Waals surface area (Å²) in [6, 6.07) is 10.3. The number of hydrogen-bond acceptors (Lipinski definition) is 7. The van der Waals surface area contributed by atoms with Crippen LogP contribution in [-0.2, 0) is 10.0 Å². The Balaban J connectivity index is 1.71. The van der Waals surface area contributed by atoms with Crippen LogP contribution in [0.15, 0.2) is 51.8 Å². The van der Waals surface area contributed by atoms with E-state index in [9.17, 15) is 18.0 Å². The minimum atomic E-state index is -4.12. The molecular weight excluding hydrogens is 468 g/mol. The standard InChI is InChI=1S/C17H11BrN4O4S2/c1-9-20-21-17(27-9)19-15(23)10-2-7-13-14(8-10)28(25,26)22(16(13)24)12-5-3-11(18)4-6-12/h2-8H,1H3,(H,19,21,23). The summed E-state index contributed by atoms with van der Waals surface area (Å²) < 4.78 is 27.4.